The number of hydrogen-bond donors (Lipinski definition) is 1. The lowest BCUT2D eigenvalue weighted by molar-refractivity contribution is -0.384. The zero-order valence-corrected chi connectivity index (χ0v) is 12.0. The Labute approximate surface area is 122 Å². The van der Waals surface area contributed by atoms with Gasteiger partial charge >= 0.3 is 5.69 Å². The Balaban J connectivity index is 1.98. The van der Waals surface area contributed by atoms with Crippen LogP contribution in [-0.4, -0.2) is 60.5 Å². The van der Waals surface area contributed by atoms with E-state index < -0.39 is 4.92 Å². The van der Waals surface area contributed by atoms with Crippen LogP contribution in [0, 0.1) is 10.1 Å². The fourth-order valence-electron chi connectivity index (χ4n) is 2.33. The Bertz CT molecular complexity index is 514. The van der Waals surface area contributed by atoms with E-state index in [-0.39, 0.29) is 11.6 Å². The maximum absolute atomic E-state index is 11.9. The summed E-state index contributed by atoms with van der Waals surface area (Å²) < 4.78 is 0. The Morgan fingerprint density at radius 1 is 1.43 bits per heavy atom. The molecule has 0 aromatic carbocycles. The van der Waals surface area contributed by atoms with Gasteiger partial charge in [-0.15, -0.1) is 0 Å². The molecule has 1 amide bonds. The Morgan fingerprint density at radius 2 is 2.14 bits per heavy atom. The number of nitro groups is 1. The number of aromatic nitrogens is 1. The first kappa shape index (κ1) is 15.2. The number of hydrogen-bond acceptors (Lipinski definition) is 6. The van der Waals surface area contributed by atoms with Gasteiger partial charge < -0.3 is 15.1 Å². The highest BCUT2D eigenvalue weighted by Gasteiger charge is 2.26. The van der Waals surface area contributed by atoms with Crippen LogP contribution in [0.4, 0.5) is 11.5 Å². The van der Waals surface area contributed by atoms with Gasteiger partial charge in [-0.05, 0) is 13.1 Å². The highest BCUT2D eigenvalue weighted by atomic mass is 16.6. The molecule has 1 aromatic heterocycles. The summed E-state index contributed by atoms with van der Waals surface area (Å²) >= 11 is 0. The smallest absolute Gasteiger partial charge is 0.311 e. The molecule has 0 saturated carbocycles. The molecule has 0 aliphatic carbocycles. The molecule has 1 N–H and O–H groups in total. The molecule has 2 rings (SSSR count). The van der Waals surface area contributed by atoms with Crippen molar-refractivity contribution in [3.63, 3.8) is 0 Å². The summed E-state index contributed by atoms with van der Waals surface area (Å²) in [7, 11) is 1.81. The number of carbonyl (C=O) groups is 1. The first-order chi connectivity index (χ1) is 10.1. The summed E-state index contributed by atoms with van der Waals surface area (Å²) in [4.78, 5) is 30.3. The summed E-state index contributed by atoms with van der Waals surface area (Å²) in [5.41, 5.74) is 0.00691. The predicted molar refractivity (Wildman–Crippen MR) is 78.2 cm³/mol. The van der Waals surface area contributed by atoms with Gasteiger partial charge in [0, 0.05) is 51.4 Å². The zero-order chi connectivity index (χ0) is 15.2. The fraction of sp³-hybridized carbons (Fsp3) is 0.538. The van der Waals surface area contributed by atoms with Gasteiger partial charge in [-0.25, -0.2) is 4.98 Å². The zero-order valence-electron chi connectivity index (χ0n) is 12.0. The normalized spacial score (nSPS) is 15.1. The van der Waals surface area contributed by atoms with E-state index in [0.29, 0.717) is 45.0 Å². The molecule has 8 heteroatoms. The lowest BCUT2D eigenvalue weighted by Gasteiger charge is -2.35. The number of amides is 1. The topological polar surface area (TPSA) is 91.6 Å². The second kappa shape index (κ2) is 6.98. The van der Waals surface area contributed by atoms with Gasteiger partial charge in [0.15, 0.2) is 0 Å². The van der Waals surface area contributed by atoms with Crippen LogP contribution in [0.5, 0.6) is 0 Å². The summed E-state index contributed by atoms with van der Waals surface area (Å²) in [5.74, 6) is 0.490. The van der Waals surface area contributed by atoms with Crippen molar-refractivity contribution in [3.8, 4) is 0 Å². The molecule has 8 nitrogen and oxygen atoms in total. The minimum absolute atomic E-state index is 0.00691. The third-order valence-electron chi connectivity index (χ3n) is 3.48. The van der Waals surface area contributed by atoms with E-state index >= 15 is 0 Å². The molecular formula is C13H19N5O3. The molecule has 2 heterocycles. The Morgan fingerprint density at radius 3 is 2.76 bits per heavy atom. The second-order valence-electron chi connectivity index (χ2n) is 4.82. The monoisotopic (exact) mass is 293 g/mol. The van der Waals surface area contributed by atoms with Crippen molar-refractivity contribution in [1.29, 1.82) is 0 Å². The van der Waals surface area contributed by atoms with Gasteiger partial charge in [0.25, 0.3) is 0 Å². The third-order valence-corrected chi connectivity index (χ3v) is 3.48. The standard InChI is InChI=1S/C13H19N5O3/c1-14-6-4-12(19)16-7-9-17(10-8-16)13-11(18(20)21)3-2-5-15-13/h2-3,5,14H,4,6-10H2,1H3. The van der Waals surface area contributed by atoms with E-state index in [9.17, 15) is 14.9 Å². The van der Waals surface area contributed by atoms with Crippen molar-refractivity contribution in [2.75, 3.05) is 44.7 Å². The molecule has 1 saturated heterocycles. The molecule has 114 valence electrons. The van der Waals surface area contributed by atoms with Crippen molar-refractivity contribution >= 4 is 17.4 Å². The lowest BCUT2D eigenvalue weighted by Crippen LogP contribution is -2.49. The maximum atomic E-state index is 11.9. The lowest BCUT2D eigenvalue weighted by atomic mass is 10.2. The van der Waals surface area contributed by atoms with Crippen LogP contribution < -0.4 is 10.2 Å². The largest absolute Gasteiger partial charge is 0.347 e. The third kappa shape index (κ3) is 3.66. The van der Waals surface area contributed by atoms with Gasteiger partial charge in [0.05, 0.1) is 4.92 Å². The summed E-state index contributed by atoms with van der Waals surface area (Å²) in [6.07, 6.45) is 2.02. The molecule has 1 aliphatic rings. The van der Waals surface area contributed by atoms with Crippen molar-refractivity contribution in [2.45, 2.75) is 6.42 Å². The van der Waals surface area contributed by atoms with Crippen LogP contribution in [0.15, 0.2) is 18.3 Å². The van der Waals surface area contributed by atoms with Crippen molar-refractivity contribution in [2.24, 2.45) is 0 Å². The summed E-state index contributed by atoms with van der Waals surface area (Å²) in [5, 5.41) is 14.0. The minimum atomic E-state index is -0.424. The van der Waals surface area contributed by atoms with E-state index in [0.717, 1.165) is 0 Å². The quantitative estimate of drug-likeness (QED) is 0.618. The first-order valence-electron chi connectivity index (χ1n) is 6.90. The van der Waals surface area contributed by atoms with Crippen molar-refractivity contribution < 1.29 is 9.72 Å². The van der Waals surface area contributed by atoms with Crippen LogP contribution in [0.2, 0.25) is 0 Å². The van der Waals surface area contributed by atoms with E-state index in [1.165, 1.54) is 6.07 Å². The van der Waals surface area contributed by atoms with Crippen LogP contribution in [0.3, 0.4) is 0 Å². The molecule has 0 spiro atoms. The molecule has 0 unspecified atom stereocenters. The SMILES string of the molecule is CNCCC(=O)N1CCN(c2ncccc2[N+](=O)[O-])CC1. The number of anilines is 1. The molecule has 0 atom stereocenters. The highest BCUT2D eigenvalue weighted by Crippen LogP contribution is 2.25. The van der Waals surface area contributed by atoms with Crippen molar-refractivity contribution in [1.82, 2.24) is 15.2 Å². The number of carbonyl (C=O) groups excluding carboxylic acids is 1. The number of nitrogens with one attached hydrogen (secondary N) is 1. The molecule has 0 bridgehead atoms. The average molecular weight is 293 g/mol. The average Bonchev–Trinajstić information content (AvgIpc) is 2.52. The molecule has 0 radical (unpaired) electrons. The van der Waals surface area contributed by atoms with Crippen LogP contribution >= 0.6 is 0 Å². The predicted octanol–water partition coefficient (Wildman–Crippen LogP) is 0.248. The molecule has 1 aliphatic heterocycles. The van der Waals surface area contributed by atoms with Gasteiger partial charge in [-0.1, -0.05) is 0 Å². The van der Waals surface area contributed by atoms with E-state index in [2.05, 4.69) is 10.3 Å². The fourth-order valence-corrected chi connectivity index (χ4v) is 2.33. The number of piperazine rings is 1. The summed E-state index contributed by atoms with van der Waals surface area (Å²) in [6.45, 7) is 2.91. The minimum Gasteiger partial charge on any atom is -0.347 e. The van der Waals surface area contributed by atoms with E-state index in [1.807, 2.05) is 11.9 Å². The van der Waals surface area contributed by atoms with Crippen molar-refractivity contribution in [3.05, 3.63) is 28.4 Å². The van der Waals surface area contributed by atoms with Gasteiger partial charge in [-0.3, -0.25) is 14.9 Å². The number of nitrogens with zero attached hydrogens (tertiary/aromatic N) is 4. The summed E-state index contributed by atoms with van der Waals surface area (Å²) in [6, 6.07) is 3.01. The van der Waals surface area contributed by atoms with Gasteiger partial charge in [0.1, 0.15) is 0 Å². The van der Waals surface area contributed by atoms with Crippen LogP contribution in [0.25, 0.3) is 0 Å². The number of pyridine rings is 1. The van der Waals surface area contributed by atoms with E-state index in [4.69, 9.17) is 0 Å². The molecular weight excluding hydrogens is 274 g/mol. The number of rotatable bonds is 5. The second-order valence-corrected chi connectivity index (χ2v) is 4.82. The van der Waals surface area contributed by atoms with Gasteiger partial charge in [0.2, 0.25) is 11.7 Å². The van der Waals surface area contributed by atoms with Crippen LogP contribution in [-0.2, 0) is 4.79 Å². The van der Waals surface area contributed by atoms with Gasteiger partial charge in [-0.2, -0.15) is 0 Å². The Hall–Kier alpha value is -2.22. The molecule has 21 heavy (non-hydrogen) atoms. The van der Waals surface area contributed by atoms with E-state index in [1.54, 1.807) is 17.2 Å². The molecule has 1 aromatic rings. The molecule has 1 fully saturated rings. The first-order valence-corrected chi connectivity index (χ1v) is 6.90. The Kier molecular flexibility index (Phi) is 5.04. The van der Waals surface area contributed by atoms with Crippen LogP contribution in [0.1, 0.15) is 6.42 Å². The highest BCUT2D eigenvalue weighted by molar-refractivity contribution is 5.76. The maximum Gasteiger partial charge on any atom is 0.311 e.